The highest BCUT2D eigenvalue weighted by Crippen LogP contribution is 2.39. The van der Waals surface area contributed by atoms with Gasteiger partial charge in [-0.3, -0.25) is 0 Å². The zero-order valence-electron chi connectivity index (χ0n) is 17.1. The number of benzene rings is 1. The molecule has 0 aliphatic rings. The second-order valence-electron chi connectivity index (χ2n) is 6.82. The largest absolute Gasteiger partial charge is 0.493 e. The Hall–Kier alpha value is -2.73. The third-order valence-electron chi connectivity index (χ3n) is 4.51. The summed E-state index contributed by atoms with van der Waals surface area (Å²) in [4.78, 5) is 7.67. The van der Waals surface area contributed by atoms with E-state index < -0.39 is 46.0 Å². The number of aromatic nitrogens is 4. The summed E-state index contributed by atoms with van der Waals surface area (Å²) >= 11 is 6.13. The molecule has 13 heteroatoms. The summed E-state index contributed by atoms with van der Waals surface area (Å²) in [6.45, 7) is 4.46. The molecule has 2 N–H and O–H groups in total. The second-order valence-corrected chi connectivity index (χ2v) is 7.18. The number of halogens is 6. The van der Waals surface area contributed by atoms with Crippen molar-refractivity contribution in [3.05, 3.63) is 35.2 Å². The summed E-state index contributed by atoms with van der Waals surface area (Å²) in [5, 5.41) is 8.63. The van der Waals surface area contributed by atoms with Gasteiger partial charge in [0.25, 0.3) is 5.78 Å². The number of rotatable bonds is 9. The highest BCUT2D eigenvalue weighted by molar-refractivity contribution is 6.33. The van der Waals surface area contributed by atoms with Gasteiger partial charge in [0, 0.05) is 12.1 Å². The average Bonchev–Trinajstić information content (AvgIpc) is 3.16. The number of fused-ring (bicyclic) bond motifs is 1. The van der Waals surface area contributed by atoms with Crippen molar-refractivity contribution < 1.29 is 26.7 Å². The lowest BCUT2D eigenvalue weighted by molar-refractivity contribution is -0.138. The van der Waals surface area contributed by atoms with Crippen LogP contribution in [0, 0.1) is 11.6 Å². The molecule has 3 aromatic rings. The number of ether oxygens (including phenoxy) is 1. The van der Waals surface area contributed by atoms with Crippen molar-refractivity contribution in [1.82, 2.24) is 24.9 Å². The Morgan fingerprint density at radius 2 is 1.88 bits per heavy atom. The van der Waals surface area contributed by atoms with Crippen LogP contribution in [-0.2, 0) is 0 Å². The molecule has 0 fully saturated rings. The van der Waals surface area contributed by atoms with E-state index in [0.29, 0.717) is 13.0 Å². The standard InChI is InChI=1S/C19H20ClF5N6O/c1-3-26-5-4-6-32-11-7-12(21)14(13(22)8-11)15-16(20)30-18-27-9-28-31(18)17(15)29-10(2)19(23,24)25/h7-10,26,29H,3-6H2,1-2H3/t10-/m1/s1. The summed E-state index contributed by atoms with van der Waals surface area (Å²) in [6.07, 6.45) is -3.01. The molecule has 0 amide bonds. The molecule has 2 heterocycles. The number of nitrogens with one attached hydrogen (secondary N) is 2. The predicted molar refractivity (Wildman–Crippen MR) is 109 cm³/mol. The van der Waals surface area contributed by atoms with Crippen molar-refractivity contribution >= 4 is 23.2 Å². The summed E-state index contributed by atoms with van der Waals surface area (Å²) in [7, 11) is 0. The minimum absolute atomic E-state index is 0.0654. The maximum absolute atomic E-state index is 15.0. The lowest BCUT2D eigenvalue weighted by atomic mass is 10.1. The molecule has 0 aliphatic carbocycles. The van der Waals surface area contributed by atoms with E-state index in [-0.39, 0.29) is 18.1 Å². The van der Waals surface area contributed by atoms with Crippen molar-refractivity contribution in [1.29, 1.82) is 0 Å². The quantitative estimate of drug-likeness (QED) is 0.268. The minimum atomic E-state index is -4.65. The molecule has 7 nitrogen and oxygen atoms in total. The maximum Gasteiger partial charge on any atom is 0.408 e. The smallest absolute Gasteiger partial charge is 0.408 e. The van der Waals surface area contributed by atoms with Crippen LogP contribution in [0.4, 0.5) is 27.8 Å². The molecule has 1 atom stereocenters. The third kappa shape index (κ3) is 5.18. The molecule has 174 valence electrons. The van der Waals surface area contributed by atoms with Gasteiger partial charge in [0.1, 0.15) is 40.7 Å². The van der Waals surface area contributed by atoms with Gasteiger partial charge in [-0.1, -0.05) is 18.5 Å². The van der Waals surface area contributed by atoms with Crippen LogP contribution in [0.25, 0.3) is 16.9 Å². The molecule has 0 spiro atoms. The molecular formula is C19H20ClF5N6O. The van der Waals surface area contributed by atoms with Crippen LogP contribution in [-0.4, -0.2) is 51.5 Å². The van der Waals surface area contributed by atoms with Gasteiger partial charge in [0.05, 0.1) is 17.7 Å². The Morgan fingerprint density at radius 3 is 2.50 bits per heavy atom. The van der Waals surface area contributed by atoms with Gasteiger partial charge < -0.3 is 15.4 Å². The highest BCUT2D eigenvalue weighted by atomic mass is 35.5. The van der Waals surface area contributed by atoms with Gasteiger partial charge in [-0.05, 0) is 26.4 Å². The molecule has 2 aromatic heterocycles. The van der Waals surface area contributed by atoms with Crippen LogP contribution >= 0.6 is 11.6 Å². The fraction of sp³-hybridized carbons (Fsp3) is 0.421. The van der Waals surface area contributed by atoms with Gasteiger partial charge in [0.2, 0.25) is 0 Å². The highest BCUT2D eigenvalue weighted by Gasteiger charge is 2.37. The molecule has 0 aliphatic heterocycles. The van der Waals surface area contributed by atoms with Crippen molar-refractivity contribution in [3.63, 3.8) is 0 Å². The molecule has 0 saturated heterocycles. The third-order valence-corrected chi connectivity index (χ3v) is 4.78. The van der Waals surface area contributed by atoms with Gasteiger partial charge in [-0.2, -0.15) is 32.8 Å². The molecule has 0 radical (unpaired) electrons. The van der Waals surface area contributed by atoms with Crippen molar-refractivity contribution in [2.24, 2.45) is 0 Å². The van der Waals surface area contributed by atoms with E-state index in [1.807, 2.05) is 6.92 Å². The lowest BCUT2D eigenvalue weighted by Gasteiger charge is -2.21. The summed E-state index contributed by atoms with van der Waals surface area (Å²) < 4.78 is 75.7. The van der Waals surface area contributed by atoms with E-state index in [2.05, 4.69) is 25.7 Å². The number of hydrogen-bond acceptors (Lipinski definition) is 6. The Labute approximate surface area is 184 Å². The number of nitrogens with zero attached hydrogens (tertiary/aromatic N) is 4. The van der Waals surface area contributed by atoms with Crippen LogP contribution in [0.3, 0.4) is 0 Å². The first kappa shape index (κ1) is 23.9. The Kier molecular flexibility index (Phi) is 7.34. The summed E-state index contributed by atoms with van der Waals surface area (Å²) in [5.74, 6) is -2.78. The van der Waals surface area contributed by atoms with Gasteiger partial charge in [-0.25, -0.2) is 8.78 Å². The molecule has 32 heavy (non-hydrogen) atoms. The second kappa shape index (κ2) is 9.82. The normalized spacial score (nSPS) is 12.9. The Balaban J connectivity index is 2.03. The lowest BCUT2D eigenvalue weighted by Crippen LogP contribution is -2.34. The van der Waals surface area contributed by atoms with Crippen molar-refractivity contribution in [2.75, 3.05) is 25.0 Å². The van der Waals surface area contributed by atoms with Crippen LogP contribution in [0.1, 0.15) is 20.3 Å². The summed E-state index contributed by atoms with van der Waals surface area (Å²) in [6, 6.07) is -0.216. The van der Waals surface area contributed by atoms with E-state index in [1.54, 1.807) is 0 Å². The van der Waals surface area contributed by atoms with Crippen LogP contribution in [0.2, 0.25) is 5.15 Å². The molecule has 3 rings (SSSR count). The Bertz CT molecular complexity index is 1070. The fourth-order valence-electron chi connectivity index (χ4n) is 2.89. The SMILES string of the molecule is CCNCCCOc1cc(F)c(-c2c(Cl)nc3ncnn3c2N[C@H](C)C(F)(F)F)c(F)c1. The maximum atomic E-state index is 15.0. The van der Waals surface area contributed by atoms with Crippen LogP contribution < -0.4 is 15.4 Å². The average molecular weight is 479 g/mol. The van der Waals surface area contributed by atoms with Crippen molar-refractivity contribution in [2.45, 2.75) is 32.5 Å². The monoisotopic (exact) mass is 478 g/mol. The molecular weight excluding hydrogens is 459 g/mol. The molecule has 0 unspecified atom stereocenters. The molecule has 0 saturated carbocycles. The van der Waals surface area contributed by atoms with E-state index >= 15 is 0 Å². The van der Waals surface area contributed by atoms with E-state index in [4.69, 9.17) is 16.3 Å². The topological polar surface area (TPSA) is 76.4 Å². The predicted octanol–water partition coefficient (Wildman–Crippen LogP) is 4.46. The van der Waals surface area contributed by atoms with Gasteiger partial charge in [0.15, 0.2) is 0 Å². The minimum Gasteiger partial charge on any atom is -0.493 e. The zero-order chi connectivity index (χ0) is 23.5. The molecule has 0 bridgehead atoms. The van der Waals surface area contributed by atoms with Gasteiger partial charge >= 0.3 is 6.18 Å². The first-order valence-electron chi connectivity index (χ1n) is 9.68. The number of anilines is 1. The zero-order valence-corrected chi connectivity index (χ0v) is 17.9. The van der Waals surface area contributed by atoms with E-state index in [1.165, 1.54) is 0 Å². The Morgan fingerprint density at radius 1 is 1.19 bits per heavy atom. The molecule has 1 aromatic carbocycles. The first-order chi connectivity index (χ1) is 15.1. The van der Waals surface area contributed by atoms with Crippen LogP contribution in [0.5, 0.6) is 5.75 Å². The van der Waals surface area contributed by atoms with E-state index in [0.717, 1.165) is 36.4 Å². The summed E-state index contributed by atoms with van der Waals surface area (Å²) in [5.41, 5.74) is -1.09. The first-order valence-corrected chi connectivity index (χ1v) is 10.1. The fourth-order valence-corrected chi connectivity index (χ4v) is 3.15. The number of alkyl halides is 3. The van der Waals surface area contributed by atoms with Crippen LogP contribution in [0.15, 0.2) is 18.5 Å². The van der Waals surface area contributed by atoms with Crippen molar-refractivity contribution in [3.8, 4) is 16.9 Å². The van der Waals surface area contributed by atoms with E-state index in [9.17, 15) is 22.0 Å². The van der Waals surface area contributed by atoms with Gasteiger partial charge in [-0.15, -0.1) is 0 Å². The number of hydrogen-bond donors (Lipinski definition) is 2.